The molecule has 9 heteroatoms. The number of hydrogen-bond acceptors (Lipinski definition) is 7. The highest BCUT2D eigenvalue weighted by Gasteiger charge is 2.19. The Bertz CT molecular complexity index is 730. The summed E-state index contributed by atoms with van der Waals surface area (Å²) < 4.78 is 5.37. The van der Waals surface area contributed by atoms with Crippen molar-refractivity contribution in [1.82, 2.24) is 4.90 Å². The second-order valence-electron chi connectivity index (χ2n) is 5.48. The number of nitrogens with two attached hydrogens (primary N) is 1. The van der Waals surface area contributed by atoms with Crippen molar-refractivity contribution in [3.05, 3.63) is 18.2 Å². The maximum atomic E-state index is 11.4. The molecular weight excluding hydrogens is 322 g/mol. The number of piperazine rings is 1. The number of nitrogens with zero attached hydrogens (tertiary/aromatic N) is 4. The monoisotopic (exact) mass is 343 g/mol. The Kier molecular flexibility index (Phi) is 5.79. The molecule has 1 aromatic carbocycles. The van der Waals surface area contributed by atoms with E-state index in [1.165, 1.54) is 7.11 Å². The van der Waals surface area contributed by atoms with Gasteiger partial charge in [-0.3, -0.25) is 15.6 Å². The zero-order valence-corrected chi connectivity index (χ0v) is 14.2. The molecule has 1 amide bonds. The van der Waals surface area contributed by atoms with Crippen LogP contribution in [0, 0.1) is 16.7 Å². The summed E-state index contributed by atoms with van der Waals surface area (Å²) in [5.41, 5.74) is 9.29. The third-order valence-corrected chi connectivity index (χ3v) is 3.92. The lowest BCUT2D eigenvalue weighted by Gasteiger charge is -2.35. The second-order valence-corrected chi connectivity index (χ2v) is 5.48. The lowest BCUT2D eigenvalue weighted by Crippen LogP contribution is -2.48. The van der Waals surface area contributed by atoms with E-state index in [0.717, 1.165) is 18.8 Å². The molecule has 4 N–H and O–H groups in total. The summed E-state index contributed by atoms with van der Waals surface area (Å²) in [6.45, 7) is 4.45. The summed E-state index contributed by atoms with van der Waals surface area (Å²) in [6, 6.07) is 7.29. The Morgan fingerprint density at radius 1 is 1.40 bits per heavy atom. The average molecular weight is 343 g/mol. The number of benzene rings is 1. The number of carbonyl (C=O) groups excluding carboxylic acids is 1. The summed E-state index contributed by atoms with van der Waals surface area (Å²) in [7, 11) is 1.54. The van der Waals surface area contributed by atoms with Crippen molar-refractivity contribution >= 4 is 28.8 Å². The lowest BCUT2D eigenvalue weighted by atomic mass is 10.2. The molecule has 25 heavy (non-hydrogen) atoms. The molecule has 0 atom stereocenters. The van der Waals surface area contributed by atoms with Gasteiger partial charge in [-0.05, 0) is 12.1 Å². The van der Waals surface area contributed by atoms with E-state index in [2.05, 4.69) is 15.4 Å². The molecule has 1 aliphatic rings. The van der Waals surface area contributed by atoms with Crippen LogP contribution >= 0.6 is 0 Å². The number of amides is 1. The molecule has 1 saturated heterocycles. The van der Waals surface area contributed by atoms with Gasteiger partial charge in [0.05, 0.1) is 12.8 Å². The van der Waals surface area contributed by atoms with Gasteiger partial charge in [-0.25, -0.2) is 0 Å². The van der Waals surface area contributed by atoms with Crippen molar-refractivity contribution in [2.75, 3.05) is 43.6 Å². The minimum Gasteiger partial charge on any atom is -0.494 e. The first-order chi connectivity index (χ1) is 12.0. The molecule has 1 fully saturated rings. The van der Waals surface area contributed by atoms with Gasteiger partial charge >= 0.3 is 0 Å². The van der Waals surface area contributed by atoms with Crippen LogP contribution in [-0.2, 0) is 4.79 Å². The Balaban J connectivity index is 2.13. The standard InChI is InChI=1S/C16H21N7O2/c1-11(24)22-5-7-23(8-6-22)12-3-4-13(15(9-12)25-2)20-21-14(10-17)16(18)19/h3-4,9,20H,5-8H2,1-2H3,(H3,18,19)/b21-14+. The quantitative estimate of drug-likeness (QED) is 0.407. The number of hydrogen-bond donors (Lipinski definition) is 3. The van der Waals surface area contributed by atoms with E-state index in [4.69, 9.17) is 21.1 Å². The van der Waals surface area contributed by atoms with Crippen molar-refractivity contribution in [3.8, 4) is 11.8 Å². The molecule has 0 saturated carbocycles. The first kappa shape index (κ1) is 18.1. The van der Waals surface area contributed by atoms with Gasteiger partial charge in [0.25, 0.3) is 0 Å². The normalized spacial score (nSPS) is 14.7. The number of rotatable bonds is 5. The highest BCUT2D eigenvalue weighted by molar-refractivity contribution is 6.45. The minimum absolute atomic E-state index is 0.0911. The molecular formula is C16H21N7O2. The van der Waals surface area contributed by atoms with Gasteiger partial charge in [0.2, 0.25) is 11.6 Å². The van der Waals surface area contributed by atoms with Crippen LogP contribution in [0.1, 0.15) is 6.92 Å². The van der Waals surface area contributed by atoms with Crippen LogP contribution in [0.15, 0.2) is 23.3 Å². The number of hydrazone groups is 1. The fraction of sp³-hybridized carbons (Fsp3) is 0.375. The maximum absolute atomic E-state index is 11.4. The number of ether oxygens (including phenoxy) is 1. The molecule has 2 rings (SSSR count). The summed E-state index contributed by atoms with van der Waals surface area (Å²) in [5.74, 6) is 0.235. The fourth-order valence-electron chi connectivity index (χ4n) is 2.51. The van der Waals surface area contributed by atoms with Crippen LogP contribution in [-0.4, -0.2) is 55.6 Å². The summed E-state index contributed by atoms with van der Waals surface area (Å²) in [4.78, 5) is 15.4. The Morgan fingerprint density at radius 2 is 2.08 bits per heavy atom. The van der Waals surface area contributed by atoms with Gasteiger partial charge in [-0.2, -0.15) is 10.4 Å². The van der Waals surface area contributed by atoms with Crippen LogP contribution in [0.25, 0.3) is 0 Å². The van der Waals surface area contributed by atoms with E-state index in [1.807, 2.05) is 17.0 Å². The maximum Gasteiger partial charge on any atom is 0.219 e. The van der Waals surface area contributed by atoms with Gasteiger partial charge in [0.15, 0.2) is 5.84 Å². The number of methoxy groups -OCH3 is 1. The third kappa shape index (κ3) is 4.38. The molecule has 0 radical (unpaired) electrons. The Hall–Kier alpha value is -3.28. The molecule has 0 spiro atoms. The highest BCUT2D eigenvalue weighted by Crippen LogP contribution is 2.30. The predicted octanol–water partition coefficient (Wildman–Crippen LogP) is 0.591. The number of carbonyl (C=O) groups is 1. The van der Waals surface area contributed by atoms with Crippen LogP contribution < -0.4 is 20.8 Å². The van der Waals surface area contributed by atoms with E-state index in [9.17, 15) is 4.79 Å². The van der Waals surface area contributed by atoms with E-state index in [1.54, 1.807) is 19.1 Å². The molecule has 1 aromatic rings. The molecule has 9 nitrogen and oxygen atoms in total. The molecule has 0 aliphatic carbocycles. The van der Waals surface area contributed by atoms with Gasteiger partial charge in [-0.15, -0.1) is 0 Å². The Morgan fingerprint density at radius 3 is 2.60 bits per heavy atom. The summed E-state index contributed by atoms with van der Waals surface area (Å²) >= 11 is 0. The van der Waals surface area contributed by atoms with Gasteiger partial charge < -0.3 is 20.3 Å². The van der Waals surface area contributed by atoms with Crippen molar-refractivity contribution in [1.29, 1.82) is 10.7 Å². The first-order valence-corrected chi connectivity index (χ1v) is 7.73. The van der Waals surface area contributed by atoms with Gasteiger partial charge in [0, 0.05) is 44.9 Å². The van der Waals surface area contributed by atoms with Crippen molar-refractivity contribution in [2.45, 2.75) is 6.92 Å². The average Bonchev–Trinajstić information content (AvgIpc) is 2.62. The van der Waals surface area contributed by atoms with E-state index in [-0.39, 0.29) is 11.6 Å². The summed E-state index contributed by atoms with van der Waals surface area (Å²) in [5, 5.41) is 19.9. The molecule has 0 unspecified atom stereocenters. The van der Waals surface area contributed by atoms with E-state index < -0.39 is 5.84 Å². The van der Waals surface area contributed by atoms with Gasteiger partial charge in [0.1, 0.15) is 11.8 Å². The topological polar surface area (TPSA) is 131 Å². The van der Waals surface area contributed by atoms with Crippen LogP contribution in [0.2, 0.25) is 0 Å². The minimum atomic E-state index is -0.408. The molecule has 1 aliphatic heterocycles. The van der Waals surface area contributed by atoms with Crippen LogP contribution in [0.5, 0.6) is 5.75 Å². The lowest BCUT2D eigenvalue weighted by molar-refractivity contribution is -0.129. The number of nitrogens with one attached hydrogen (secondary N) is 2. The fourth-order valence-corrected chi connectivity index (χ4v) is 2.51. The number of nitriles is 1. The smallest absolute Gasteiger partial charge is 0.219 e. The molecule has 132 valence electrons. The third-order valence-electron chi connectivity index (χ3n) is 3.92. The number of anilines is 2. The van der Waals surface area contributed by atoms with Crippen LogP contribution in [0.3, 0.4) is 0 Å². The zero-order valence-electron chi connectivity index (χ0n) is 14.2. The van der Waals surface area contributed by atoms with Crippen molar-refractivity contribution in [2.24, 2.45) is 10.8 Å². The first-order valence-electron chi connectivity index (χ1n) is 7.73. The molecule has 0 bridgehead atoms. The Labute approximate surface area is 146 Å². The van der Waals surface area contributed by atoms with E-state index >= 15 is 0 Å². The van der Waals surface area contributed by atoms with E-state index in [0.29, 0.717) is 24.5 Å². The second kappa shape index (κ2) is 8.01. The molecule has 0 aromatic heterocycles. The SMILES string of the molecule is COc1cc(N2CCN(C(C)=O)CC2)ccc1N/N=C(\C#N)C(=N)N. The highest BCUT2D eigenvalue weighted by atomic mass is 16.5. The van der Waals surface area contributed by atoms with Crippen molar-refractivity contribution in [3.63, 3.8) is 0 Å². The predicted molar refractivity (Wildman–Crippen MR) is 96.0 cm³/mol. The zero-order chi connectivity index (χ0) is 18.4. The van der Waals surface area contributed by atoms with Crippen LogP contribution in [0.4, 0.5) is 11.4 Å². The van der Waals surface area contributed by atoms with Crippen molar-refractivity contribution < 1.29 is 9.53 Å². The largest absolute Gasteiger partial charge is 0.494 e. The molecule has 1 heterocycles. The summed E-state index contributed by atoms with van der Waals surface area (Å²) in [6.07, 6.45) is 0. The van der Waals surface area contributed by atoms with Gasteiger partial charge in [-0.1, -0.05) is 0 Å². The number of amidine groups is 1.